The largest absolute Gasteiger partial charge is 0.292 e. The van der Waals surface area contributed by atoms with Gasteiger partial charge in [-0.25, -0.2) is 0 Å². The van der Waals surface area contributed by atoms with Crippen molar-refractivity contribution in [3.63, 3.8) is 0 Å². The normalized spacial score (nSPS) is 10.1. The smallest absolute Gasteiger partial charge is 0.185 e. The molecule has 0 spiro atoms. The summed E-state index contributed by atoms with van der Waals surface area (Å²) in [5.74, 6) is 0.0347. The van der Waals surface area contributed by atoms with E-state index in [0.717, 1.165) is 10.0 Å². The number of halogens is 1. The molecule has 2 rings (SSSR count). The standard InChI is InChI=1S/C13H10BrNO/c14-11-6-2-1-5-10(11)9-13(16)12-7-3-4-8-15-12/h1-8H,9H2. The summed E-state index contributed by atoms with van der Waals surface area (Å²) in [6, 6.07) is 13.1. The van der Waals surface area contributed by atoms with E-state index in [1.165, 1.54) is 0 Å². The first-order valence-corrected chi connectivity index (χ1v) is 5.74. The molecule has 1 aromatic heterocycles. The maximum absolute atomic E-state index is 11.9. The summed E-state index contributed by atoms with van der Waals surface area (Å²) in [6.45, 7) is 0. The molecule has 0 bridgehead atoms. The summed E-state index contributed by atoms with van der Waals surface area (Å²) in [5.41, 5.74) is 1.50. The van der Waals surface area contributed by atoms with E-state index < -0.39 is 0 Å². The molecule has 16 heavy (non-hydrogen) atoms. The summed E-state index contributed by atoms with van der Waals surface area (Å²) < 4.78 is 0.958. The molecule has 80 valence electrons. The lowest BCUT2D eigenvalue weighted by Gasteiger charge is -2.02. The monoisotopic (exact) mass is 275 g/mol. The molecular weight excluding hydrogens is 266 g/mol. The molecule has 0 radical (unpaired) electrons. The van der Waals surface area contributed by atoms with Crippen molar-refractivity contribution in [2.24, 2.45) is 0 Å². The number of carbonyl (C=O) groups is 1. The van der Waals surface area contributed by atoms with Crippen LogP contribution in [0.2, 0.25) is 0 Å². The molecule has 0 unspecified atom stereocenters. The number of rotatable bonds is 3. The van der Waals surface area contributed by atoms with E-state index in [-0.39, 0.29) is 5.78 Å². The predicted octanol–water partition coefficient (Wildman–Crippen LogP) is 3.27. The fourth-order valence-electron chi connectivity index (χ4n) is 1.43. The van der Waals surface area contributed by atoms with Crippen molar-refractivity contribution in [2.75, 3.05) is 0 Å². The minimum atomic E-state index is 0.0347. The highest BCUT2D eigenvalue weighted by Gasteiger charge is 2.09. The third-order valence-corrected chi connectivity index (χ3v) is 3.03. The zero-order chi connectivity index (χ0) is 11.4. The zero-order valence-electron chi connectivity index (χ0n) is 8.56. The van der Waals surface area contributed by atoms with Gasteiger partial charge in [-0.2, -0.15) is 0 Å². The topological polar surface area (TPSA) is 30.0 Å². The number of aromatic nitrogens is 1. The zero-order valence-corrected chi connectivity index (χ0v) is 10.1. The molecule has 0 amide bonds. The van der Waals surface area contributed by atoms with Crippen LogP contribution < -0.4 is 0 Å². The van der Waals surface area contributed by atoms with E-state index >= 15 is 0 Å². The maximum Gasteiger partial charge on any atom is 0.185 e. The van der Waals surface area contributed by atoms with Gasteiger partial charge in [0.05, 0.1) is 0 Å². The van der Waals surface area contributed by atoms with Crippen LogP contribution in [0.1, 0.15) is 16.1 Å². The van der Waals surface area contributed by atoms with E-state index in [9.17, 15) is 4.79 Å². The van der Waals surface area contributed by atoms with E-state index in [2.05, 4.69) is 20.9 Å². The molecule has 0 saturated heterocycles. The number of nitrogens with zero attached hydrogens (tertiary/aromatic N) is 1. The number of pyridine rings is 1. The van der Waals surface area contributed by atoms with Crippen molar-refractivity contribution in [1.29, 1.82) is 0 Å². The Bertz CT molecular complexity index is 496. The van der Waals surface area contributed by atoms with Crippen LogP contribution >= 0.6 is 15.9 Å². The number of carbonyl (C=O) groups excluding carboxylic acids is 1. The summed E-state index contributed by atoms with van der Waals surface area (Å²) in [7, 11) is 0. The molecule has 2 aromatic rings. The number of hydrogen-bond donors (Lipinski definition) is 0. The number of benzene rings is 1. The van der Waals surface area contributed by atoms with Crippen molar-refractivity contribution >= 4 is 21.7 Å². The SMILES string of the molecule is O=C(Cc1ccccc1Br)c1ccccn1. The molecule has 1 heterocycles. The Labute approximate surface area is 102 Å². The second kappa shape index (κ2) is 5.03. The van der Waals surface area contributed by atoms with E-state index in [0.29, 0.717) is 12.1 Å². The van der Waals surface area contributed by atoms with Crippen LogP contribution in [0.25, 0.3) is 0 Å². The predicted molar refractivity (Wildman–Crippen MR) is 66.4 cm³/mol. The highest BCUT2D eigenvalue weighted by Crippen LogP contribution is 2.17. The molecule has 0 fully saturated rings. The number of hydrogen-bond acceptors (Lipinski definition) is 2. The van der Waals surface area contributed by atoms with Gasteiger partial charge in [-0.15, -0.1) is 0 Å². The second-order valence-electron chi connectivity index (χ2n) is 3.41. The lowest BCUT2D eigenvalue weighted by Crippen LogP contribution is -2.05. The molecule has 0 N–H and O–H groups in total. The average Bonchev–Trinajstić information content (AvgIpc) is 2.33. The number of ketones is 1. The Balaban J connectivity index is 2.18. The summed E-state index contributed by atoms with van der Waals surface area (Å²) >= 11 is 3.42. The molecule has 2 nitrogen and oxygen atoms in total. The Kier molecular flexibility index (Phi) is 3.47. The van der Waals surface area contributed by atoms with Gasteiger partial charge in [-0.1, -0.05) is 40.2 Å². The molecule has 0 aliphatic rings. The van der Waals surface area contributed by atoms with E-state index in [1.54, 1.807) is 18.3 Å². The van der Waals surface area contributed by atoms with Gasteiger partial charge in [0.15, 0.2) is 5.78 Å². The van der Waals surface area contributed by atoms with Gasteiger partial charge >= 0.3 is 0 Å². The van der Waals surface area contributed by atoms with Crippen molar-refractivity contribution in [2.45, 2.75) is 6.42 Å². The first kappa shape index (κ1) is 11.0. The van der Waals surface area contributed by atoms with Crippen LogP contribution in [-0.2, 0) is 6.42 Å². The highest BCUT2D eigenvalue weighted by molar-refractivity contribution is 9.10. The molecule has 0 aliphatic carbocycles. The van der Waals surface area contributed by atoms with Gasteiger partial charge in [0.25, 0.3) is 0 Å². The minimum absolute atomic E-state index is 0.0347. The third kappa shape index (κ3) is 2.55. The average molecular weight is 276 g/mol. The van der Waals surface area contributed by atoms with Gasteiger partial charge in [-0.05, 0) is 23.8 Å². The van der Waals surface area contributed by atoms with Gasteiger partial charge in [0.1, 0.15) is 5.69 Å². The summed E-state index contributed by atoms with van der Waals surface area (Å²) in [5, 5.41) is 0. The first-order valence-electron chi connectivity index (χ1n) is 4.95. The van der Waals surface area contributed by atoms with Crippen LogP contribution in [0.4, 0.5) is 0 Å². The third-order valence-electron chi connectivity index (χ3n) is 2.26. The lowest BCUT2D eigenvalue weighted by molar-refractivity contribution is 0.0988. The van der Waals surface area contributed by atoms with Crippen LogP contribution in [0.15, 0.2) is 53.1 Å². The maximum atomic E-state index is 11.9. The Hall–Kier alpha value is -1.48. The van der Waals surface area contributed by atoms with Crippen molar-refractivity contribution < 1.29 is 4.79 Å². The first-order chi connectivity index (χ1) is 7.77. The lowest BCUT2D eigenvalue weighted by atomic mass is 10.1. The van der Waals surface area contributed by atoms with Crippen LogP contribution in [0.3, 0.4) is 0 Å². The Morgan fingerprint density at radius 1 is 1.12 bits per heavy atom. The highest BCUT2D eigenvalue weighted by atomic mass is 79.9. The summed E-state index contributed by atoms with van der Waals surface area (Å²) in [4.78, 5) is 15.9. The molecule has 1 aromatic carbocycles. The van der Waals surface area contributed by atoms with Gasteiger partial charge < -0.3 is 0 Å². The second-order valence-corrected chi connectivity index (χ2v) is 4.26. The van der Waals surface area contributed by atoms with Crippen LogP contribution in [-0.4, -0.2) is 10.8 Å². The van der Waals surface area contributed by atoms with E-state index in [4.69, 9.17) is 0 Å². The van der Waals surface area contributed by atoms with Crippen LogP contribution in [0, 0.1) is 0 Å². The number of Topliss-reactive ketones (excluding diaryl/α,β-unsaturated/α-hetero) is 1. The van der Waals surface area contributed by atoms with E-state index in [1.807, 2.05) is 30.3 Å². The molecular formula is C13H10BrNO. The van der Waals surface area contributed by atoms with Gasteiger partial charge in [-0.3, -0.25) is 9.78 Å². The molecule has 0 saturated carbocycles. The van der Waals surface area contributed by atoms with Gasteiger partial charge in [0, 0.05) is 17.1 Å². The van der Waals surface area contributed by atoms with Crippen molar-refractivity contribution in [3.05, 3.63) is 64.4 Å². The molecule has 3 heteroatoms. The van der Waals surface area contributed by atoms with Crippen molar-refractivity contribution in [3.8, 4) is 0 Å². The Morgan fingerprint density at radius 3 is 2.56 bits per heavy atom. The van der Waals surface area contributed by atoms with Crippen molar-refractivity contribution in [1.82, 2.24) is 4.98 Å². The van der Waals surface area contributed by atoms with Gasteiger partial charge in [0.2, 0.25) is 0 Å². The quantitative estimate of drug-likeness (QED) is 0.805. The fraction of sp³-hybridized carbons (Fsp3) is 0.0769. The minimum Gasteiger partial charge on any atom is -0.292 e. The fourth-order valence-corrected chi connectivity index (χ4v) is 1.86. The Morgan fingerprint density at radius 2 is 1.88 bits per heavy atom. The summed E-state index contributed by atoms with van der Waals surface area (Å²) in [6.07, 6.45) is 2.01. The molecule has 0 aliphatic heterocycles. The molecule has 0 atom stereocenters. The van der Waals surface area contributed by atoms with Crippen LogP contribution in [0.5, 0.6) is 0 Å².